The summed E-state index contributed by atoms with van der Waals surface area (Å²) in [5, 5.41) is 0. The molecule has 2 aliphatic rings. The van der Waals surface area contributed by atoms with Crippen molar-refractivity contribution in [1.29, 1.82) is 0 Å². The van der Waals surface area contributed by atoms with Gasteiger partial charge in [0.2, 0.25) is 0 Å². The maximum absolute atomic E-state index is 13.5. The lowest BCUT2D eigenvalue weighted by Crippen LogP contribution is -2.25. The summed E-state index contributed by atoms with van der Waals surface area (Å²) in [5.41, 5.74) is 0.609. The number of alkyl halides is 1. The molecule has 1 aromatic carbocycles. The molecule has 0 nitrogen and oxygen atoms in total. The molecule has 0 heterocycles. The van der Waals surface area contributed by atoms with Crippen molar-refractivity contribution in [2.45, 2.75) is 76.5 Å². The van der Waals surface area contributed by atoms with Crippen molar-refractivity contribution < 1.29 is 17.6 Å². The summed E-state index contributed by atoms with van der Waals surface area (Å²) in [6, 6.07) is 2.35. The van der Waals surface area contributed by atoms with E-state index in [0.717, 1.165) is 50.4 Å². The molecule has 1 aromatic rings. The average Bonchev–Trinajstić information content (AvgIpc) is 2.72. The first-order valence-electron chi connectivity index (χ1n) is 10.9. The molecule has 2 saturated carbocycles. The van der Waals surface area contributed by atoms with E-state index in [9.17, 15) is 17.6 Å². The molecule has 4 heteroatoms. The highest BCUT2D eigenvalue weighted by molar-refractivity contribution is 5.23. The molecule has 0 unspecified atom stereocenters. The molecule has 0 atom stereocenters. The van der Waals surface area contributed by atoms with Crippen molar-refractivity contribution in [3.63, 3.8) is 0 Å². The third kappa shape index (κ3) is 5.61. The molecule has 0 amide bonds. The van der Waals surface area contributed by atoms with Gasteiger partial charge in [0.15, 0.2) is 17.5 Å². The summed E-state index contributed by atoms with van der Waals surface area (Å²) in [7, 11) is 0. The van der Waals surface area contributed by atoms with Crippen LogP contribution in [-0.2, 0) is 0 Å². The summed E-state index contributed by atoms with van der Waals surface area (Å²) in [6.07, 6.45) is 16.1. The Bertz CT molecular complexity index is 615. The van der Waals surface area contributed by atoms with Crippen molar-refractivity contribution in [1.82, 2.24) is 0 Å². The Morgan fingerprint density at radius 1 is 0.786 bits per heavy atom. The third-order valence-electron chi connectivity index (χ3n) is 6.95. The van der Waals surface area contributed by atoms with Crippen LogP contribution < -0.4 is 0 Å². The van der Waals surface area contributed by atoms with Gasteiger partial charge in [-0.25, -0.2) is 13.2 Å². The molecule has 28 heavy (non-hydrogen) atoms. The Labute approximate surface area is 166 Å². The Kier molecular flexibility index (Phi) is 7.99. The first kappa shape index (κ1) is 21.4. The van der Waals surface area contributed by atoms with Crippen LogP contribution in [0.4, 0.5) is 17.6 Å². The van der Waals surface area contributed by atoms with Crippen LogP contribution in [0.3, 0.4) is 0 Å². The minimum atomic E-state index is -1.37. The molecule has 156 valence electrons. The number of allylic oxidation sites excluding steroid dienone is 2. The fraction of sp³-hybridized carbons (Fsp3) is 0.667. The summed E-state index contributed by atoms with van der Waals surface area (Å²) < 4.78 is 52.3. The molecule has 0 bridgehead atoms. The Morgan fingerprint density at radius 3 is 1.93 bits per heavy atom. The van der Waals surface area contributed by atoms with Crippen LogP contribution >= 0.6 is 0 Å². The van der Waals surface area contributed by atoms with E-state index in [4.69, 9.17) is 0 Å². The maximum atomic E-state index is 13.5. The van der Waals surface area contributed by atoms with Gasteiger partial charge in [-0.15, -0.1) is 0 Å². The predicted molar refractivity (Wildman–Crippen MR) is 105 cm³/mol. The summed E-state index contributed by atoms with van der Waals surface area (Å²) in [4.78, 5) is 0. The van der Waals surface area contributed by atoms with Crippen molar-refractivity contribution in [3.05, 3.63) is 47.3 Å². The lowest BCUT2D eigenvalue weighted by atomic mass is 9.68. The molecule has 0 spiro atoms. The van der Waals surface area contributed by atoms with E-state index in [2.05, 4.69) is 12.2 Å². The summed E-state index contributed by atoms with van der Waals surface area (Å²) in [5.74, 6) is -1.12. The van der Waals surface area contributed by atoms with Gasteiger partial charge in [0.05, 0.1) is 6.67 Å². The normalized spacial score (nSPS) is 28.7. The van der Waals surface area contributed by atoms with E-state index >= 15 is 0 Å². The fourth-order valence-corrected chi connectivity index (χ4v) is 5.23. The van der Waals surface area contributed by atoms with E-state index < -0.39 is 17.5 Å². The van der Waals surface area contributed by atoms with Gasteiger partial charge >= 0.3 is 0 Å². The molecular weight excluding hydrogens is 364 g/mol. The van der Waals surface area contributed by atoms with Crippen LogP contribution in [0.2, 0.25) is 0 Å². The second-order valence-corrected chi connectivity index (χ2v) is 8.73. The number of rotatable bonds is 7. The monoisotopic (exact) mass is 396 g/mol. The van der Waals surface area contributed by atoms with Crippen molar-refractivity contribution in [3.8, 4) is 0 Å². The van der Waals surface area contributed by atoms with Gasteiger partial charge in [0.25, 0.3) is 0 Å². The third-order valence-corrected chi connectivity index (χ3v) is 6.95. The van der Waals surface area contributed by atoms with Crippen LogP contribution in [0.1, 0.15) is 82.1 Å². The average molecular weight is 397 g/mol. The highest BCUT2D eigenvalue weighted by Gasteiger charge is 2.31. The number of unbranched alkanes of at least 4 members (excludes halogenated alkanes) is 1. The standard InChI is InChI=1S/C24H32F4/c25-14-4-2-1-3-5-17-6-8-18(9-7-17)19-10-12-20(13-11-19)21-15-22(26)24(28)23(27)16-21/h1,3,15-20H,2,4-14H2/b3-1+. The van der Waals surface area contributed by atoms with Crippen LogP contribution in [0.5, 0.6) is 0 Å². The van der Waals surface area contributed by atoms with Crippen molar-refractivity contribution in [2.75, 3.05) is 6.67 Å². The van der Waals surface area contributed by atoms with E-state index in [-0.39, 0.29) is 12.6 Å². The van der Waals surface area contributed by atoms with E-state index in [0.29, 0.717) is 17.9 Å². The second kappa shape index (κ2) is 10.5. The Hall–Kier alpha value is -1.32. The largest absolute Gasteiger partial charge is 0.251 e. The van der Waals surface area contributed by atoms with Crippen LogP contribution in [0.25, 0.3) is 0 Å². The lowest BCUT2D eigenvalue weighted by Gasteiger charge is -2.38. The fourth-order valence-electron chi connectivity index (χ4n) is 5.23. The quantitative estimate of drug-likeness (QED) is 0.190. The second-order valence-electron chi connectivity index (χ2n) is 8.73. The Morgan fingerprint density at radius 2 is 1.36 bits per heavy atom. The smallest absolute Gasteiger partial charge is 0.194 e. The first-order valence-corrected chi connectivity index (χ1v) is 10.9. The van der Waals surface area contributed by atoms with Gasteiger partial charge in [-0.1, -0.05) is 12.2 Å². The molecule has 0 N–H and O–H groups in total. The van der Waals surface area contributed by atoms with Gasteiger partial charge in [-0.05, 0) is 112 Å². The molecular formula is C24H32F4. The van der Waals surface area contributed by atoms with Gasteiger partial charge < -0.3 is 0 Å². The van der Waals surface area contributed by atoms with Crippen molar-refractivity contribution >= 4 is 0 Å². The molecule has 2 fully saturated rings. The maximum Gasteiger partial charge on any atom is 0.194 e. The van der Waals surface area contributed by atoms with Crippen LogP contribution in [0, 0.1) is 35.2 Å². The molecule has 3 rings (SSSR count). The van der Waals surface area contributed by atoms with Gasteiger partial charge in [0, 0.05) is 0 Å². The van der Waals surface area contributed by atoms with Crippen LogP contribution in [0.15, 0.2) is 24.3 Å². The van der Waals surface area contributed by atoms with Gasteiger partial charge in [0.1, 0.15) is 0 Å². The predicted octanol–water partition coefficient (Wildman–Crippen LogP) is 7.88. The number of hydrogen-bond acceptors (Lipinski definition) is 0. The van der Waals surface area contributed by atoms with Crippen molar-refractivity contribution in [2.24, 2.45) is 17.8 Å². The van der Waals surface area contributed by atoms with E-state index in [1.165, 1.54) is 37.8 Å². The first-order chi connectivity index (χ1) is 13.6. The van der Waals surface area contributed by atoms with Gasteiger partial charge in [-0.3, -0.25) is 4.39 Å². The topological polar surface area (TPSA) is 0 Å². The molecule has 0 saturated heterocycles. The highest BCUT2D eigenvalue weighted by atomic mass is 19.2. The van der Waals surface area contributed by atoms with E-state index in [1.54, 1.807) is 0 Å². The zero-order chi connectivity index (χ0) is 19.9. The minimum Gasteiger partial charge on any atom is -0.251 e. The number of hydrogen-bond donors (Lipinski definition) is 0. The lowest BCUT2D eigenvalue weighted by molar-refractivity contribution is 0.160. The molecule has 0 radical (unpaired) electrons. The summed E-state index contributed by atoms with van der Waals surface area (Å²) >= 11 is 0. The molecule has 0 aromatic heterocycles. The Balaban J connectivity index is 1.42. The SMILES string of the molecule is FCCC/C=C/CC1CCC(C2CCC(c3cc(F)c(F)c(F)c3)CC2)CC1. The minimum absolute atomic E-state index is 0.145. The molecule has 2 aliphatic carbocycles. The van der Waals surface area contributed by atoms with E-state index in [1.807, 2.05) is 0 Å². The number of benzene rings is 1. The zero-order valence-electron chi connectivity index (χ0n) is 16.6. The number of halogens is 4. The van der Waals surface area contributed by atoms with Crippen LogP contribution in [-0.4, -0.2) is 6.67 Å². The summed E-state index contributed by atoms with van der Waals surface area (Å²) in [6.45, 7) is -0.233. The highest BCUT2D eigenvalue weighted by Crippen LogP contribution is 2.44. The zero-order valence-corrected chi connectivity index (χ0v) is 16.6. The van der Waals surface area contributed by atoms with Gasteiger partial charge in [-0.2, -0.15) is 0 Å². The molecule has 0 aliphatic heterocycles.